The highest BCUT2D eigenvalue weighted by Crippen LogP contribution is 2.24. The monoisotopic (exact) mass is 516 g/mol. The van der Waals surface area contributed by atoms with Gasteiger partial charge in [0.05, 0.1) is 26.6 Å². The van der Waals surface area contributed by atoms with Crippen molar-refractivity contribution in [2.75, 3.05) is 0 Å². The van der Waals surface area contributed by atoms with Crippen molar-refractivity contribution in [1.29, 1.82) is 0 Å². The zero-order valence-corrected chi connectivity index (χ0v) is 20.4. The van der Waals surface area contributed by atoms with E-state index in [1.54, 1.807) is 48.5 Å². The van der Waals surface area contributed by atoms with Crippen LogP contribution in [0.2, 0.25) is 10.0 Å². The van der Waals surface area contributed by atoms with Gasteiger partial charge in [-0.1, -0.05) is 65.7 Å². The Labute approximate surface area is 216 Å². The smallest absolute Gasteiger partial charge is 0.266 e. The summed E-state index contributed by atoms with van der Waals surface area (Å²) in [5, 5.41) is 1.44. The highest BCUT2D eigenvalue weighted by molar-refractivity contribution is 6.42. The normalized spacial score (nSPS) is 11.3. The van der Waals surface area contributed by atoms with Gasteiger partial charge in [0, 0.05) is 0 Å². The Bertz CT molecular complexity index is 1650. The van der Waals surface area contributed by atoms with E-state index in [-0.39, 0.29) is 5.56 Å². The van der Waals surface area contributed by atoms with Crippen LogP contribution in [-0.2, 0) is 6.61 Å². The maximum Gasteiger partial charge on any atom is 0.266 e. The number of aromatic nitrogens is 2. The van der Waals surface area contributed by atoms with Gasteiger partial charge in [-0.3, -0.25) is 9.36 Å². The Hall–Kier alpha value is -3.93. The second-order valence-corrected chi connectivity index (χ2v) is 8.86. The summed E-state index contributed by atoms with van der Waals surface area (Å²) in [7, 11) is 0. The Kier molecular flexibility index (Phi) is 6.85. The molecular formula is C29H19Cl2FN2O2. The minimum atomic E-state index is -0.432. The van der Waals surface area contributed by atoms with Crippen molar-refractivity contribution < 1.29 is 9.13 Å². The molecule has 0 unspecified atom stereocenters. The van der Waals surface area contributed by atoms with Gasteiger partial charge in [-0.25, -0.2) is 9.37 Å². The van der Waals surface area contributed by atoms with Gasteiger partial charge in [-0.05, 0) is 71.8 Å². The largest absolute Gasteiger partial charge is 0.489 e. The van der Waals surface area contributed by atoms with Crippen molar-refractivity contribution >= 4 is 46.3 Å². The van der Waals surface area contributed by atoms with E-state index in [9.17, 15) is 9.18 Å². The van der Waals surface area contributed by atoms with Crippen LogP contribution < -0.4 is 10.3 Å². The van der Waals surface area contributed by atoms with Crippen LogP contribution in [0.5, 0.6) is 5.75 Å². The van der Waals surface area contributed by atoms with Crippen molar-refractivity contribution in [2.45, 2.75) is 6.61 Å². The summed E-state index contributed by atoms with van der Waals surface area (Å²) >= 11 is 12.0. The van der Waals surface area contributed by atoms with Gasteiger partial charge in [0.25, 0.3) is 5.56 Å². The van der Waals surface area contributed by atoms with Crippen molar-refractivity contribution in [1.82, 2.24) is 9.55 Å². The fraction of sp³-hybridized carbons (Fsp3) is 0.0345. The number of halogens is 3. The second kappa shape index (κ2) is 10.4. The maximum atomic E-state index is 13.9. The zero-order valence-electron chi connectivity index (χ0n) is 18.9. The molecule has 0 saturated carbocycles. The second-order valence-electron chi connectivity index (χ2n) is 8.05. The summed E-state index contributed by atoms with van der Waals surface area (Å²) in [6, 6.07) is 25.9. The molecule has 5 rings (SSSR count). The number of rotatable bonds is 6. The number of hydrogen-bond acceptors (Lipinski definition) is 3. The number of nitrogens with zero attached hydrogens (tertiary/aromatic N) is 2. The number of ether oxygens (including phenoxy) is 1. The minimum Gasteiger partial charge on any atom is -0.489 e. The van der Waals surface area contributed by atoms with E-state index in [4.69, 9.17) is 27.9 Å². The fourth-order valence-electron chi connectivity index (χ4n) is 3.77. The predicted molar refractivity (Wildman–Crippen MR) is 143 cm³/mol. The lowest BCUT2D eigenvalue weighted by atomic mass is 10.2. The molecule has 36 heavy (non-hydrogen) atoms. The lowest BCUT2D eigenvalue weighted by molar-refractivity contribution is 0.306. The first kappa shape index (κ1) is 23.8. The van der Waals surface area contributed by atoms with Gasteiger partial charge in [0.15, 0.2) is 0 Å². The molecule has 0 N–H and O–H groups in total. The number of benzene rings is 4. The van der Waals surface area contributed by atoms with Crippen LogP contribution in [0.25, 0.3) is 28.7 Å². The first-order chi connectivity index (χ1) is 17.5. The molecule has 0 radical (unpaired) electrons. The van der Waals surface area contributed by atoms with Crippen LogP contribution in [0.3, 0.4) is 0 Å². The maximum absolute atomic E-state index is 13.9. The van der Waals surface area contributed by atoms with Gasteiger partial charge in [-0.2, -0.15) is 0 Å². The Morgan fingerprint density at radius 2 is 1.67 bits per heavy atom. The molecule has 0 atom stereocenters. The molecule has 4 aromatic carbocycles. The van der Waals surface area contributed by atoms with Crippen LogP contribution in [0.4, 0.5) is 4.39 Å². The number of fused-ring (bicyclic) bond motifs is 1. The molecular weight excluding hydrogens is 498 g/mol. The van der Waals surface area contributed by atoms with Crippen LogP contribution in [0.1, 0.15) is 17.0 Å². The van der Waals surface area contributed by atoms with Gasteiger partial charge in [-0.15, -0.1) is 0 Å². The number of hydrogen-bond donors (Lipinski definition) is 0. The quantitative estimate of drug-likeness (QED) is 0.233. The molecule has 7 heteroatoms. The molecule has 5 aromatic rings. The van der Waals surface area contributed by atoms with Crippen molar-refractivity contribution in [3.8, 4) is 11.4 Å². The Morgan fingerprint density at radius 3 is 2.44 bits per heavy atom. The number of para-hydroxylation sites is 1. The summed E-state index contributed by atoms with van der Waals surface area (Å²) < 4.78 is 21.2. The molecule has 4 nitrogen and oxygen atoms in total. The van der Waals surface area contributed by atoms with Gasteiger partial charge in [0.2, 0.25) is 0 Å². The molecule has 0 bridgehead atoms. The molecule has 0 aliphatic rings. The third-order valence-electron chi connectivity index (χ3n) is 5.56. The van der Waals surface area contributed by atoms with E-state index >= 15 is 0 Å². The van der Waals surface area contributed by atoms with E-state index in [1.807, 2.05) is 42.5 Å². The predicted octanol–water partition coefficient (Wildman–Crippen LogP) is 7.58. The van der Waals surface area contributed by atoms with Crippen molar-refractivity contribution in [2.24, 2.45) is 0 Å². The highest BCUT2D eigenvalue weighted by atomic mass is 35.5. The lowest BCUT2D eigenvalue weighted by Gasteiger charge is -2.11. The summed E-state index contributed by atoms with van der Waals surface area (Å²) in [6.07, 6.45) is 3.58. The first-order valence-electron chi connectivity index (χ1n) is 11.1. The topological polar surface area (TPSA) is 44.1 Å². The zero-order chi connectivity index (χ0) is 25.1. The van der Waals surface area contributed by atoms with Gasteiger partial charge < -0.3 is 4.74 Å². The summed E-state index contributed by atoms with van der Waals surface area (Å²) in [6.45, 7) is 0.354. The van der Waals surface area contributed by atoms with Gasteiger partial charge in [0.1, 0.15) is 24.0 Å². The molecule has 1 heterocycles. The van der Waals surface area contributed by atoms with Crippen molar-refractivity contribution in [3.05, 3.63) is 134 Å². The summed E-state index contributed by atoms with van der Waals surface area (Å²) in [5.41, 5.74) is 2.50. The van der Waals surface area contributed by atoms with Gasteiger partial charge >= 0.3 is 0 Å². The highest BCUT2D eigenvalue weighted by Gasteiger charge is 2.11. The Morgan fingerprint density at radius 1 is 0.861 bits per heavy atom. The van der Waals surface area contributed by atoms with Crippen LogP contribution in [-0.4, -0.2) is 9.55 Å². The Balaban J connectivity index is 1.42. The van der Waals surface area contributed by atoms with Crippen LogP contribution in [0.15, 0.2) is 95.8 Å². The average molecular weight is 517 g/mol. The van der Waals surface area contributed by atoms with Crippen LogP contribution in [0, 0.1) is 5.82 Å². The molecule has 178 valence electrons. The summed E-state index contributed by atoms with van der Waals surface area (Å²) in [4.78, 5) is 17.9. The SMILES string of the molecule is O=c1c2ccccc2nc(/C=C/c2ccc(OCc3ccc(Cl)c(Cl)c3)cc2)n1-c1cccc(F)c1. The molecule has 1 aromatic heterocycles. The summed E-state index contributed by atoms with van der Waals surface area (Å²) in [5.74, 6) is 0.655. The molecule has 0 saturated heterocycles. The average Bonchev–Trinajstić information content (AvgIpc) is 2.89. The first-order valence-corrected chi connectivity index (χ1v) is 11.9. The van der Waals surface area contributed by atoms with E-state index in [0.29, 0.717) is 44.8 Å². The van der Waals surface area contributed by atoms with Crippen LogP contribution >= 0.6 is 23.2 Å². The standard InChI is InChI=1S/C29H19Cl2FN2O2/c30-25-14-10-20(16-26(25)31)18-36-23-12-8-19(9-13-23)11-15-28-33-27-7-2-1-6-24(27)29(35)34(28)22-5-3-4-21(32)17-22/h1-17H,18H2/b15-11+. The van der Waals surface area contributed by atoms with E-state index in [0.717, 1.165) is 11.1 Å². The third kappa shape index (κ3) is 5.18. The molecule has 0 aliphatic carbocycles. The molecule has 0 amide bonds. The molecule has 0 spiro atoms. The fourth-order valence-corrected chi connectivity index (χ4v) is 4.09. The third-order valence-corrected chi connectivity index (χ3v) is 6.30. The molecule has 0 aliphatic heterocycles. The van der Waals surface area contributed by atoms with E-state index in [1.165, 1.54) is 16.7 Å². The lowest BCUT2D eigenvalue weighted by Crippen LogP contribution is -2.22. The molecule has 0 fully saturated rings. The van der Waals surface area contributed by atoms with E-state index in [2.05, 4.69) is 4.98 Å². The van der Waals surface area contributed by atoms with Crippen molar-refractivity contribution in [3.63, 3.8) is 0 Å². The van der Waals surface area contributed by atoms with E-state index < -0.39 is 5.82 Å². The minimum absolute atomic E-state index is 0.267.